The average molecular weight is 305 g/mol. The Kier molecular flexibility index (Phi) is 4.42. The van der Waals surface area contributed by atoms with Crippen molar-refractivity contribution in [2.75, 3.05) is 5.75 Å². The molecule has 21 heavy (non-hydrogen) atoms. The highest BCUT2D eigenvalue weighted by Gasteiger charge is 2.19. The topological polar surface area (TPSA) is 95.7 Å². The van der Waals surface area contributed by atoms with E-state index in [4.69, 9.17) is 0 Å². The first-order valence-corrected chi connectivity index (χ1v) is 7.30. The Hall–Kier alpha value is -2.15. The first-order valence-electron chi connectivity index (χ1n) is 6.31. The lowest BCUT2D eigenvalue weighted by Gasteiger charge is -2.01. The molecule has 2 N–H and O–H groups in total. The molecule has 2 rings (SSSR count). The minimum absolute atomic E-state index is 0.0676. The molecule has 7 heteroatoms. The molecule has 2 aromatic rings. The van der Waals surface area contributed by atoms with Gasteiger partial charge in [-0.3, -0.25) is 14.4 Å². The second kappa shape index (κ2) is 6.09. The molecule has 6 nitrogen and oxygen atoms in total. The van der Waals surface area contributed by atoms with Crippen LogP contribution in [0.25, 0.3) is 0 Å². The zero-order valence-electron chi connectivity index (χ0n) is 11.9. The third-order valence-electron chi connectivity index (χ3n) is 3.06. The maximum atomic E-state index is 12.2. The minimum Gasteiger partial charge on any atom is -0.355 e. The van der Waals surface area contributed by atoms with Crippen LogP contribution >= 0.6 is 11.8 Å². The van der Waals surface area contributed by atoms with Crippen LogP contribution in [0.5, 0.6) is 0 Å². The number of carbonyl (C=O) groups is 2. The number of Topliss-reactive ketones (excluding diaryl/α,β-unsaturated/α-hetero) is 2. The number of aromatic nitrogens is 3. The fraction of sp³-hybridized carbons (Fsp3) is 0.286. The molecule has 0 saturated carbocycles. The fourth-order valence-corrected chi connectivity index (χ4v) is 2.91. The summed E-state index contributed by atoms with van der Waals surface area (Å²) in [7, 11) is 0. The molecule has 2 aromatic heterocycles. The van der Waals surface area contributed by atoms with Gasteiger partial charge in [0, 0.05) is 23.5 Å². The third-order valence-corrected chi connectivity index (χ3v) is 3.94. The minimum atomic E-state index is -0.259. The van der Waals surface area contributed by atoms with E-state index in [2.05, 4.69) is 15.0 Å². The van der Waals surface area contributed by atoms with Crippen LogP contribution in [0.15, 0.2) is 22.2 Å². The molecule has 0 amide bonds. The second-order valence-electron chi connectivity index (χ2n) is 4.63. The highest BCUT2D eigenvalue weighted by Crippen LogP contribution is 2.21. The van der Waals surface area contributed by atoms with E-state index in [1.165, 1.54) is 19.2 Å². The molecule has 0 radical (unpaired) electrons. The van der Waals surface area contributed by atoms with Gasteiger partial charge in [0.2, 0.25) is 0 Å². The fourth-order valence-electron chi connectivity index (χ4n) is 2.19. The van der Waals surface area contributed by atoms with E-state index in [1.54, 1.807) is 13.8 Å². The molecule has 0 aliphatic carbocycles. The SMILES string of the molecule is CC(=O)c1c(C)[nH]c(C(=O)CSc2nccc(=O)[nH]2)c1C. The number of H-pyrrole nitrogens is 2. The summed E-state index contributed by atoms with van der Waals surface area (Å²) in [6.07, 6.45) is 1.39. The van der Waals surface area contributed by atoms with Crippen LogP contribution < -0.4 is 5.56 Å². The maximum absolute atomic E-state index is 12.2. The van der Waals surface area contributed by atoms with Crippen molar-refractivity contribution < 1.29 is 9.59 Å². The standard InChI is InChI=1S/C14H15N3O3S/c1-7-12(9(3)18)8(2)16-13(7)10(19)6-21-14-15-5-4-11(20)17-14/h4-5,16H,6H2,1-3H3,(H,15,17,20). The number of hydrogen-bond donors (Lipinski definition) is 2. The number of aromatic amines is 2. The average Bonchev–Trinajstić information content (AvgIpc) is 2.71. The van der Waals surface area contributed by atoms with Gasteiger partial charge in [-0.05, 0) is 26.3 Å². The number of rotatable bonds is 5. The summed E-state index contributed by atoms with van der Waals surface area (Å²) in [5, 5.41) is 0.392. The number of thioether (sulfide) groups is 1. The van der Waals surface area contributed by atoms with Crippen molar-refractivity contribution in [3.63, 3.8) is 0 Å². The Morgan fingerprint density at radius 2 is 2.00 bits per heavy atom. The molecular formula is C14H15N3O3S. The van der Waals surface area contributed by atoms with E-state index in [1.807, 2.05) is 0 Å². The van der Waals surface area contributed by atoms with Crippen molar-refractivity contribution in [2.45, 2.75) is 25.9 Å². The van der Waals surface area contributed by atoms with Crippen LogP contribution in [0.4, 0.5) is 0 Å². The number of nitrogens with zero attached hydrogens (tertiary/aromatic N) is 1. The molecule has 0 aromatic carbocycles. The van der Waals surface area contributed by atoms with Crippen molar-refractivity contribution in [3.05, 3.63) is 45.1 Å². The molecule has 0 fully saturated rings. The zero-order chi connectivity index (χ0) is 15.6. The normalized spacial score (nSPS) is 10.6. The number of carbonyl (C=O) groups excluding carboxylic acids is 2. The summed E-state index contributed by atoms with van der Waals surface area (Å²) in [4.78, 5) is 44.4. The van der Waals surface area contributed by atoms with Crippen molar-refractivity contribution in [1.29, 1.82) is 0 Å². The first kappa shape index (κ1) is 15.2. The van der Waals surface area contributed by atoms with Crippen LogP contribution in [0.1, 0.15) is 39.0 Å². The Bertz CT molecular complexity index is 761. The van der Waals surface area contributed by atoms with Gasteiger partial charge in [-0.1, -0.05) is 11.8 Å². The first-order chi connectivity index (χ1) is 9.90. The lowest BCUT2D eigenvalue weighted by Crippen LogP contribution is -2.09. The Morgan fingerprint density at radius 3 is 2.57 bits per heavy atom. The van der Waals surface area contributed by atoms with Gasteiger partial charge in [0.05, 0.1) is 11.4 Å². The van der Waals surface area contributed by atoms with Crippen molar-refractivity contribution in [3.8, 4) is 0 Å². The molecule has 0 unspecified atom stereocenters. The van der Waals surface area contributed by atoms with E-state index in [-0.39, 0.29) is 22.9 Å². The van der Waals surface area contributed by atoms with Gasteiger partial charge in [0.15, 0.2) is 16.7 Å². The van der Waals surface area contributed by atoms with Gasteiger partial charge < -0.3 is 9.97 Å². The summed E-state index contributed by atoms with van der Waals surface area (Å²) in [5.74, 6) is -0.0768. The zero-order valence-corrected chi connectivity index (χ0v) is 12.8. The van der Waals surface area contributed by atoms with E-state index < -0.39 is 0 Å². The largest absolute Gasteiger partial charge is 0.355 e. The highest BCUT2D eigenvalue weighted by atomic mass is 32.2. The molecule has 0 saturated heterocycles. The smallest absolute Gasteiger partial charge is 0.251 e. The van der Waals surface area contributed by atoms with E-state index in [9.17, 15) is 14.4 Å². The van der Waals surface area contributed by atoms with Gasteiger partial charge in [0.25, 0.3) is 5.56 Å². The van der Waals surface area contributed by atoms with Gasteiger partial charge in [-0.2, -0.15) is 0 Å². The van der Waals surface area contributed by atoms with Crippen molar-refractivity contribution in [2.24, 2.45) is 0 Å². The number of nitrogens with one attached hydrogen (secondary N) is 2. The number of hydrogen-bond acceptors (Lipinski definition) is 5. The van der Waals surface area contributed by atoms with Crippen LogP contribution in [-0.4, -0.2) is 32.3 Å². The summed E-state index contributed by atoms with van der Waals surface area (Å²) in [6.45, 7) is 5.00. The van der Waals surface area contributed by atoms with E-state index in [0.29, 0.717) is 27.7 Å². The van der Waals surface area contributed by atoms with Crippen LogP contribution in [0, 0.1) is 13.8 Å². The second-order valence-corrected chi connectivity index (χ2v) is 5.60. The van der Waals surface area contributed by atoms with Gasteiger partial charge in [-0.25, -0.2) is 4.98 Å². The van der Waals surface area contributed by atoms with Crippen molar-refractivity contribution >= 4 is 23.3 Å². The Labute approximate surface area is 125 Å². The molecular weight excluding hydrogens is 290 g/mol. The third kappa shape index (κ3) is 3.30. The summed E-state index contributed by atoms with van der Waals surface area (Å²) in [5.41, 5.74) is 2.10. The molecule has 0 spiro atoms. The van der Waals surface area contributed by atoms with Crippen LogP contribution in [-0.2, 0) is 0 Å². The molecule has 0 aliphatic rings. The predicted molar refractivity (Wildman–Crippen MR) is 80.2 cm³/mol. The van der Waals surface area contributed by atoms with Gasteiger partial charge in [-0.15, -0.1) is 0 Å². The number of aryl methyl sites for hydroxylation is 1. The van der Waals surface area contributed by atoms with Crippen LogP contribution in [0.2, 0.25) is 0 Å². The van der Waals surface area contributed by atoms with E-state index in [0.717, 1.165) is 11.8 Å². The summed E-state index contributed by atoms with van der Waals surface area (Å²) < 4.78 is 0. The maximum Gasteiger partial charge on any atom is 0.251 e. The molecule has 0 atom stereocenters. The lowest BCUT2D eigenvalue weighted by molar-refractivity contribution is 0.101. The van der Waals surface area contributed by atoms with Crippen molar-refractivity contribution in [1.82, 2.24) is 15.0 Å². The molecule has 0 bridgehead atoms. The highest BCUT2D eigenvalue weighted by molar-refractivity contribution is 7.99. The van der Waals surface area contributed by atoms with Gasteiger partial charge in [0.1, 0.15) is 0 Å². The van der Waals surface area contributed by atoms with Crippen LogP contribution in [0.3, 0.4) is 0 Å². The summed E-state index contributed by atoms with van der Waals surface area (Å²) >= 11 is 1.15. The number of ketones is 2. The molecule has 0 aliphatic heterocycles. The quantitative estimate of drug-likeness (QED) is 0.499. The monoisotopic (exact) mass is 305 g/mol. The van der Waals surface area contributed by atoms with E-state index >= 15 is 0 Å². The molecule has 110 valence electrons. The predicted octanol–water partition coefficient (Wildman–Crippen LogP) is 1.89. The molecule has 2 heterocycles. The Balaban J connectivity index is 2.16. The Morgan fingerprint density at radius 1 is 1.29 bits per heavy atom. The van der Waals surface area contributed by atoms with Gasteiger partial charge >= 0.3 is 0 Å². The summed E-state index contributed by atoms with van der Waals surface area (Å²) in [6, 6.07) is 1.31. The lowest BCUT2D eigenvalue weighted by atomic mass is 10.1.